The highest BCUT2D eigenvalue weighted by Gasteiger charge is 2.16. The molecule has 7 heteroatoms. The van der Waals surface area contributed by atoms with Gasteiger partial charge in [-0.1, -0.05) is 29.8 Å². The molecule has 2 N–H and O–H groups in total. The Labute approximate surface area is 164 Å². The second-order valence-corrected chi connectivity index (χ2v) is 5.91. The predicted molar refractivity (Wildman–Crippen MR) is 107 cm³/mol. The van der Waals surface area contributed by atoms with Crippen molar-refractivity contribution in [2.75, 3.05) is 25.1 Å². The van der Waals surface area contributed by atoms with Gasteiger partial charge in [0.25, 0.3) is 0 Å². The third-order valence-electron chi connectivity index (χ3n) is 3.56. The zero-order valence-corrected chi connectivity index (χ0v) is 16.6. The summed E-state index contributed by atoms with van der Waals surface area (Å²) in [5, 5.41) is 6.18. The van der Waals surface area contributed by atoms with Gasteiger partial charge in [-0.2, -0.15) is 0 Å². The lowest BCUT2D eigenvalue weighted by Crippen LogP contribution is -2.28. The normalized spacial score (nSPS) is 10.2. The van der Waals surface area contributed by atoms with Crippen molar-refractivity contribution in [1.82, 2.24) is 5.32 Å². The summed E-state index contributed by atoms with van der Waals surface area (Å²) in [4.78, 5) is 12.3. The lowest BCUT2D eigenvalue weighted by molar-refractivity contribution is 0.251. The molecule has 0 heterocycles. The van der Waals surface area contributed by atoms with Gasteiger partial charge in [-0.3, -0.25) is 0 Å². The van der Waals surface area contributed by atoms with Crippen molar-refractivity contribution in [3.8, 4) is 17.2 Å². The Balaban J connectivity index is 2.14. The van der Waals surface area contributed by atoms with E-state index >= 15 is 0 Å². The Hall–Kier alpha value is -2.60. The van der Waals surface area contributed by atoms with E-state index in [1.54, 1.807) is 18.2 Å². The van der Waals surface area contributed by atoms with Gasteiger partial charge in [0.1, 0.15) is 0 Å². The highest BCUT2D eigenvalue weighted by molar-refractivity contribution is 6.31. The molecule has 0 spiro atoms. The van der Waals surface area contributed by atoms with Crippen molar-refractivity contribution in [2.45, 2.75) is 27.3 Å². The molecule has 0 atom stereocenters. The summed E-state index contributed by atoms with van der Waals surface area (Å²) in [5.41, 5.74) is 1.38. The van der Waals surface area contributed by atoms with Crippen LogP contribution in [-0.4, -0.2) is 25.9 Å². The monoisotopic (exact) mass is 392 g/mol. The minimum absolute atomic E-state index is 0.319. The van der Waals surface area contributed by atoms with Gasteiger partial charge < -0.3 is 24.8 Å². The number of hydrogen-bond acceptors (Lipinski definition) is 4. The molecule has 2 aromatic carbocycles. The Morgan fingerprint density at radius 2 is 1.56 bits per heavy atom. The van der Waals surface area contributed by atoms with Gasteiger partial charge in [-0.15, -0.1) is 0 Å². The zero-order chi connectivity index (χ0) is 19.6. The van der Waals surface area contributed by atoms with Crippen LogP contribution in [0.15, 0.2) is 36.4 Å². The summed E-state index contributed by atoms with van der Waals surface area (Å²) in [5.74, 6) is 1.57. The van der Waals surface area contributed by atoms with E-state index in [4.69, 9.17) is 25.8 Å². The van der Waals surface area contributed by atoms with Crippen molar-refractivity contribution in [1.29, 1.82) is 0 Å². The molecule has 2 aromatic rings. The maximum atomic E-state index is 12.3. The number of nitrogens with one attached hydrogen (secondary N) is 2. The molecule has 0 saturated carbocycles. The lowest BCUT2D eigenvalue weighted by Gasteiger charge is -2.17. The summed E-state index contributed by atoms with van der Waals surface area (Å²) < 4.78 is 17.0. The molecule has 0 radical (unpaired) electrons. The molecule has 2 rings (SSSR count). The number of carbonyl (C=O) groups is 1. The fraction of sp³-hybridized carbons (Fsp3) is 0.350. The second kappa shape index (κ2) is 10.5. The Morgan fingerprint density at radius 3 is 2.11 bits per heavy atom. The number of halogens is 1. The van der Waals surface area contributed by atoms with Crippen LogP contribution in [0.25, 0.3) is 0 Å². The molecule has 0 aromatic heterocycles. The second-order valence-electron chi connectivity index (χ2n) is 5.50. The summed E-state index contributed by atoms with van der Waals surface area (Å²) in [7, 11) is 0. The minimum Gasteiger partial charge on any atom is -0.490 e. The van der Waals surface area contributed by atoms with E-state index in [1.807, 2.05) is 39.0 Å². The molecule has 6 nitrogen and oxygen atoms in total. The van der Waals surface area contributed by atoms with E-state index in [2.05, 4.69) is 10.6 Å². The molecule has 0 unspecified atom stereocenters. The molecule has 0 aliphatic rings. The number of amides is 2. The Kier molecular flexibility index (Phi) is 8.07. The van der Waals surface area contributed by atoms with Crippen LogP contribution in [0, 0.1) is 0 Å². The van der Waals surface area contributed by atoms with E-state index in [9.17, 15) is 4.79 Å². The van der Waals surface area contributed by atoms with E-state index in [1.165, 1.54) is 0 Å². The first-order valence-electron chi connectivity index (χ1n) is 8.93. The minimum atomic E-state index is -0.357. The first kappa shape index (κ1) is 20.7. The largest absolute Gasteiger partial charge is 0.490 e. The predicted octanol–water partition coefficient (Wildman–Crippen LogP) is 4.86. The van der Waals surface area contributed by atoms with Crippen molar-refractivity contribution in [3.63, 3.8) is 0 Å². The van der Waals surface area contributed by atoms with E-state index in [0.717, 1.165) is 5.56 Å². The van der Waals surface area contributed by atoms with Gasteiger partial charge in [0, 0.05) is 23.7 Å². The molecule has 0 saturated heterocycles. The molecule has 0 aliphatic carbocycles. The van der Waals surface area contributed by atoms with Crippen LogP contribution in [0.2, 0.25) is 5.02 Å². The van der Waals surface area contributed by atoms with Gasteiger partial charge in [-0.25, -0.2) is 4.79 Å². The average molecular weight is 393 g/mol. The van der Waals surface area contributed by atoms with Crippen LogP contribution in [-0.2, 0) is 6.54 Å². The third kappa shape index (κ3) is 5.96. The molecule has 2 amide bonds. The zero-order valence-electron chi connectivity index (χ0n) is 15.8. The fourth-order valence-electron chi connectivity index (χ4n) is 2.45. The smallest absolute Gasteiger partial charge is 0.319 e. The van der Waals surface area contributed by atoms with Gasteiger partial charge >= 0.3 is 6.03 Å². The molecule has 0 bridgehead atoms. The first-order chi connectivity index (χ1) is 13.1. The van der Waals surface area contributed by atoms with Crippen molar-refractivity contribution < 1.29 is 19.0 Å². The summed E-state index contributed by atoms with van der Waals surface area (Å²) >= 11 is 6.11. The van der Waals surface area contributed by atoms with Crippen molar-refractivity contribution in [2.24, 2.45) is 0 Å². The first-order valence-corrected chi connectivity index (χ1v) is 9.31. The average Bonchev–Trinajstić information content (AvgIpc) is 2.64. The van der Waals surface area contributed by atoms with Crippen LogP contribution >= 0.6 is 11.6 Å². The SMILES string of the molecule is CCOc1cc(NC(=O)NCc2ccccc2Cl)cc(OCC)c1OCC. The molecule has 0 fully saturated rings. The van der Waals surface area contributed by atoms with Crippen LogP contribution in [0.3, 0.4) is 0 Å². The number of benzene rings is 2. The number of hydrogen-bond donors (Lipinski definition) is 2. The van der Waals surface area contributed by atoms with Gasteiger partial charge in [0.05, 0.1) is 25.5 Å². The molecule has 27 heavy (non-hydrogen) atoms. The lowest BCUT2D eigenvalue weighted by atomic mass is 10.2. The van der Waals surface area contributed by atoms with E-state index < -0.39 is 0 Å². The molecular weight excluding hydrogens is 368 g/mol. The molecular formula is C20H25ClN2O4. The van der Waals surface area contributed by atoms with Crippen LogP contribution in [0.1, 0.15) is 26.3 Å². The molecule has 146 valence electrons. The number of urea groups is 1. The van der Waals surface area contributed by atoms with Crippen LogP contribution in [0.4, 0.5) is 10.5 Å². The van der Waals surface area contributed by atoms with E-state index in [-0.39, 0.29) is 6.03 Å². The van der Waals surface area contributed by atoms with E-state index in [0.29, 0.717) is 54.3 Å². The Morgan fingerprint density at radius 1 is 0.963 bits per heavy atom. The van der Waals surface area contributed by atoms with Gasteiger partial charge in [0.2, 0.25) is 5.75 Å². The van der Waals surface area contributed by atoms with Gasteiger partial charge in [0.15, 0.2) is 11.5 Å². The van der Waals surface area contributed by atoms with Crippen molar-refractivity contribution in [3.05, 3.63) is 47.0 Å². The maximum absolute atomic E-state index is 12.3. The topological polar surface area (TPSA) is 68.8 Å². The van der Waals surface area contributed by atoms with Gasteiger partial charge in [-0.05, 0) is 32.4 Å². The number of ether oxygens (including phenoxy) is 3. The van der Waals surface area contributed by atoms with Crippen LogP contribution in [0.5, 0.6) is 17.2 Å². The standard InChI is InChI=1S/C20H25ClN2O4/c1-4-25-17-11-15(12-18(26-5-2)19(17)27-6-3)23-20(24)22-13-14-9-7-8-10-16(14)21/h7-12H,4-6,13H2,1-3H3,(H2,22,23,24). The highest BCUT2D eigenvalue weighted by atomic mass is 35.5. The third-order valence-corrected chi connectivity index (χ3v) is 3.93. The number of rotatable bonds is 9. The number of anilines is 1. The summed E-state index contributed by atoms with van der Waals surface area (Å²) in [6, 6.07) is 10.4. The quantitative estimate of drug-likeness (QED) is 0.639. The summed E-state index contributed by atoms with van der Waals surface area (Å²) in [6.07, 6.45) is 0. The number of carbonyl (C=O) groups excluding carboxylic acids is 1. The van der Waals surface area contributed by atoms with Crippen LogP contribution < -0.4 is 24.8 Å². The molecule has 0 aliphatic heterocycles. The van der Waals surface area contributed by atoms with Crippen molar-refractivity contribution >= 4 is 23.3 Å². The maximum Gasteiger partial charge on any atom is 0.319 e. The highest BCUT2D eigenvalue weighted by Crippen LogP contribution is 2.40. The Bertz CT molecular complexity index is 740. The fourth-order valence-corrected chi connectivity index (χ4v) is 2.66. The summed E-state index contributed by atoms with van der Waals surface area (Å²) in [6.45, 7) is 7.38.